The first kappa shape index (κ1) is 30.1. The molecule has 0 N–H and O–H groups in total. The molecule has 1 aliphatic rings. The number of rotatable bonds is 8. The maximum atomic E-state index is 14.0. The summed E-state index contributed by atoms with van der Waals surface area (Å²) in [5.74, 6) is 0.737. The van der Waals surface area contributed by atoms with Crippen molar-refractivity contribution in [3.63, 3.8) is 0 Å². The SMILES string of the molecule is CCN(CC)C(=O)C1=C(C)N=c2s/c(=C/c3ccc(-c4ccc(Cl)c(C(=O)OC)c4)o3)c(=O)n2[C@@H]1c1ccccc1OC. The van der Waals surface area contributed by atoms with Gasteiger partial charge in [-0.2, -0.15) is 0 Å². The number of carbonyl (C=O) groups excluding carboxylic acids is 2. The predicted molar refractivity (Wildman–Crippen MR) is 165 cm³/mol. The lowest BCUT2D eigenvalue weighted by Crippen LogP contribution is -2.43. The first-order chi connectivity index (χ1) is 20.7. The summed E-state index contributed by atoms with van der Waals surface area (Å²) in [6.45, 7) is 6.67. The summed E-state index contributed by atoms with van der Waals surface area (Å²) in [5, 5.41) is 0.266. The molecule has 5 rings (SSSR count). The van der Waals surface area contributed by atoms with Crippen LogP contribution >= 0.6 is 22.9 Å². The molecule has 2 aromatic carbocycles. The Kier molecular flexibility index (Phi) is 8.70. The summed E-state index contributed by atoms with van der Waals surface area (Å²) in [4.78, 5) is 46.9. The minimum Gasteiger partial charge on any atom is -0.496 e. The van der Waals surface area contributed by atoms with Crippen molar-refractivity contribution in [3.8, 4) is 17.1 Å². The summed E-state index contributed by atoms with van der Waals surface area (Å²) in [6, 6.07) is 15.0. The van der Waals surface area contributed by atoms with E-state index in [0.29, 0.717) is 62.1 Å². The molecule has 43 heavy (non-hydrogen) atoms. The van der Waals surface area contributed by atoms with Crippen molar-refractivity contribution in [1.82, 2.24) is 9.47 Å². The lowest BCUT2D eigenvalue weighted by atomic mass is 9.94. The molecule has 0 radical (unpaired) electrons. The Balaban J connectivity index is 1.64. The molecule has 0 bridgehead atoms. The van der Waals surface area contributed by atoms with E-state index in [-0.39, 0.29) is 22.1 Å². The number of furan rings is 1. The average molecular weight is 620 g/mol. The Morgan fingerprint density at radius 1 is 1.12 bits per heavy atom. The molecule has 0 saturated heterocycles. The Morgan fingerprint density at radius 2 is 1.86 bits per heavy atom. The molecule has 1 aliphatic heterocycles. The minimum absolute atomic E-state index is 0.179. The summed E-state index contributed by atoms with van der Waals surface area (Å²) in [7, 11) is 2.85. The highest BCUT2D eigenvalue weighted by atomic mass is 35.5. The van der Waals surface area contributed by atoms with Crippen molar-refractivity contribution in [2.75, 3.05) is 27.3 Å². The third-order valence-electron chi connectivity index (χ3n) is 7.29. The molecule has 9 nitrogen and oxygen atoms in total. The van der Waals surface area contributed by atoms with Crippen LogP contribution in [0.5, 0.6) is 5.75 Å². The lowest BCUT2D eigenvalue weighted by molar-refractivity contribution is -0.127. The quantitative estimate of drug-likeness (QED) is 0.262. The maximum Gasteiger partial charge on any atom is 0.339 e. The van der Waals surface area contributed by atoms with Gasteiger partial charge in [0.25, 0.3) is 11.5 Å². The number of thiazole rings is 1. The number of hydrogen-bond donors (Lipinski definition) is 0. The molecule has 0 unspecified atom stereocenters. The van der Waals surface area contributed by atoms with Gasteiger partial charge in [-0.25, -0.2) is 9.79 Å². The first-order valence-corrected chi connectivity index (χ1v) is 14.8. The number of para-hydroxylation sites is 1. The highest BCUT2D eigenvalue weighted by Gasteiger charge is 2.35. The van der Waals surface area contributed by atoms with Crippen LogP contribution in [-0.2, 0) is 9.53 Å². The van der Waals surface area contributed by atoms with Crippen molar-refractivity contribution in [1.29, 1.82) is 0 Å². The normalized spacial score (nSPS) is 14.7. The standard InChI is InChI=1S/C32H30ClN3O6S/c1-6-35(7-2)30(38)27-18(3)34-32-36(28(27)21-10-8-9-11-25(21)40-4)29(37)26(43-32)17-20-13-15-24(42-20)19-12-14-23(33)22(16-19)31(39)41-5/h8-17,28H,6-7H2,1-5H3/b26-17+/t28-/m1/s1. The molecule has 0 spiro atoms. The van der Waals surface area contributed by atoms with Gasteiger partial charge in [-0.15, -0.1) is 0 Å². The van der Waals surface area contributed by atoms with Crippen molar-refractivity contribution >= 4 is 40.9 Å². The van der Waals surface area contributed by atoms with Crippen LogP contribution in [0.4, 0.5) is 0 Å². The molecular formula is C32H30ClN3O6S. The second-order valence-corrected chi connectivity index (χ2v) is 11.1. The molecule has 4 aromatic rings. The van der Waals surface area contributed by atoms with E-state index in [1.807, 2.05) is 38.1 Å². The molecule has 11 heteroatoms. The Bertz CT molecular complexity index is 1930. The van der Waals surface area contributed by atoms with E-state index < -0.39 is 12.0 Å². The van der Waals surface area contributed by atoms with Crippen molar-refractivity contribution in [2.45, 2.75) is 26.8 Å². The van der Waals surface area contributed by atoms with Gasteiger partial charge in [0.05, 0.1) is 40.6 Å². The summed E-state index contributed by atoms with van der Waals surface area (Å²) in [6.07, 6.45) is 1.65. The largest absolute Gasteiger partial charge is 0.496 e. The fourth-order valence-corrected chi connectivity index (χ4v) is 6.34. The smallest absolute Gasteiger partial charge is 0.339 e. The number of fused-ring (bicyclic) bond motifs is 1. The van der Waals surface area contributed by atoms with E-state index in [1.54, 1.807) is 59.9 Å². The number of likely N-dealkylation sites (N-methyl/N-ethyl adjacent to an activating group) is 1. The van der Waals surface area contributed by atoms with Gasteiger partial charge >= 0.3 is 5.97 Å². The van der Waals surface area contributed by atoms with Crippen LogP contribution in [0.15, 0.2) is 80.1 Å². The zero-order valence-electron chi connectivity index (χ0n) is 24.3. The number of nitrogens with zero attached hydrogens (tertiary/aromatic N) is 3. The molecule has 1 amide bonds. The number of ether oxygens (including phenoxy) is 2. The third kappa shape index (κ3) is 5.55. The van der Waals surface area contributed by atoms with Gasteiger partial charge in [0.1, 0.15) is 23.3 Å². The molecule has 222 valence electrons. The van der Waals surface area contributed by atoms with E-state index in [9.17, 15) is 14.4 Å². The monoisotopic (exact) mass is 619 g/mol. The molecule has 0 aliphatic carbocycles. The molecule has 0 fully saturated rings. The Labute approximate surface area is 256 Å². The zero-order valence-corrected chi connectivity index (χ0v) is 25.9. The Hall–Kier alpha value is -4.41. The van der Waals surface area contributed by atoms with Crippen LogP contribution in [-0.4, -0.2) is 48.7 Å². The van der Waals surface area contributed by atoms with Crippen LogP contribution < -0.4 is 19.6 Å². The van der Waals surface area contributed by atoms with Gasteiger partial charge in [0.2, 0.25) is 0 Å². The van der Waals surface area contributed by atoms with Crippen LogP contribution in [0, 0.1) is 0 Å². The fourth-order valence-electron chi connectivity index (χ4n) is 5.12. The van der Waals surface area contributed by atoms with E-state index >= 15 is 0 Å². The highest BCUT2D eigenvalue weighted by molar-refractivity contribution is 7.07. The van der Waals surface area contributed by atoms with Gasteiger partial charge in [0.15, 0.2) is 4.80 Å². The van der Waals surface area contributed by atoms with Crippen LogP contribution in [0.1, 0.15) is 48.5 Å². The number of hydrogen-bond acceptors (Lipinski definition) is 8. The number of carbonyl (C=O) groups is 2. The number of amides is 1. The third-order valence-corrected chi connectivity index (χ3v) is 8.61. The van der Waals surface area contributed by atoms with Crippen molar-refractivity contribution in [2.24, 2.45) is 4.99 Å². The van der Waals surface area contributed by atoms with E-state index in [1.165, 1.54) is 18.4 Å². The van der Waals surface area contributed by atoms with E-state index in [4.69, 9.17) is 30.5 Å². The average Bonchev–Trinajstić information content (AvgIpc) is 3.60. The van der Waals surface area contributed by atoms with Crippen molar-refractivity contribution < 1.29 is 23.5 Å². The molecule has 3 heterocycles. The maximum absolute atomic E-state index is 14.0. The number of methoxy groups -OCH3 is 2. The van der Waals surface area contributed by atoms with Gasteiger partial charge in [-0.05, 0) is 57.2 Å². The van der Waals surface area contributed by atoms with Gasteiger partial charge in [0, 0.05) is 30.3 Å². The van der Waals surface area contributed by atoms with Gasteiger partial charge < -0.3 is 18.8 Å². The first-order valence-electron chi connectivity index (χ1n) is 13.6. The number of allylic oxidation sites excluding steroid dienone is 1. The second-order valence-electron chi connectivity index (χ2n) is 9.69. The van der Waals surface area contributed by atoms with E-state index in [2.05, 4.69) is 0 Å². The topological polar surface area (TPSA) is 103 Å². The number of benzene rings is 2. The molecule has 1 atom stereocenters. The van der Waals surface area contributed by atoms with Crippen molar-refractivity contribution in [3.05, 3.63) is 107 Å². The van der Waals surface area contributed by atoms with Crippen LogP contribution in [0.25, 0.3) is 17.4 Å². The zero-order chi connectivity index (χ0) is 30.8. The summed E-state index contributed by atoms with van der Waals surface area (Å²) >= 11 is 7.38. The lowest BCUT2D eigenvalue weighted by Gasteiger charge is -2.29. The van der Waals surface area contributed by atoms with Gasteiger partial charge in [-0.3, -0.25) is 14.2 Å². The van der Waals surface area contributed by atoms with Crippen LogP contribution in [0.3, 0.4) is 0 Å². The number of aromatic nitrogens is 1. The Morgan fingerprint density at radius 3 is 2.56 bits per heavy atom. The highest BCUT2D eigenvalue weighted by Crippen LogP contribution is 2.36. The molecule has 2 aromatic heterocycles. The predicted octanol–water partition coefficient (Wildman–Crippen LogP) is 4.81. The number of halogens is 1. The molecular weight excluding hydrogens is 590 g/mol. The summed E-state index contributed by atoms with van der Waals surface area (Å²) in [5.41, 5.74) is 2.19. The summed E-state index contributed by atoms with van der Waals surface area (Å²) < 4.78 is 18.5. The van der Waals surface area contributed by atoms with Gasteiger partial charge in [-0.1, -0.05) is 41.1 Å². The molecule has 0 saturated carbocycles. The fraction of sp³-hybridized carbons (Fsp3) is 0.250. The van der Waals surface area contributed by atoms with Crippen LogP contribution in [0.2, 0.25) is 5.02 Å². The van der Waals surface area contributed by atoms with E-state index in [0.717, 1.165) is 0 Å². The number of esters is 1. The second kappa shape index (κ2) is 12.4. The minimum atomic E-state index is -0.736.